The van der Waals surface area contributed by atoms with Crippen molar-refractivity contribution in [2.75, 3.05) is 6.61 Å². The third-order valence-electron chi connectivity index (χ3n) is 4.01. The molecule has 0 aliphatic heterocycles. The second-order valence-corrected chi connectivity index (χ2v) is 6.11. The van der Waals surface area contributed by atoms with Gasteiger partial charge in [0.05, 0.1) is 6.61 Å². The smallest absolute Gasteiger partial charge is 0.119 e. The minimum atomic E-state index is 0.291. The SMILES string of the molecule is CCCCCCCCOc1ccc(/C=C/c2ccc(O)cc2)cc1. The van der Waals surface area contributed by atoms with Gasteiger partial charge in [0.15, 0.2) is 0 Å². The van der Waals surface area contributed by atoms with Gasteiger partial charge in [0.25, 0.3) is 0 Å². The molecule has 2 rings (SSSR count). The summed E-state index contributed by atoms with van der Waals surface area (Å²) in [6.07, 6.45) is 11.8. The zero-order valence-corrected chi connectivity index (χ0v) is 14.6. The first-order valence-corrected chi connectivity index (χ1v) is 8.98. The van der Waals surface area contributed by atoms with Crippen molar-refractivity contribution in [2.45, 2.75) is 45.4 Å². The summed E-state index contributed by atoms with van der Waals surface area (Å²) in [5.41, 5.74) is 2.20. The van der Waals surface area contributed by atoms with Gasteiger partial charge in [0.2, 0.25) is 0 Å². The molecule has 0 amide bonds. The average Bonchev–Trinajstić information content (AvgIpc) is 2.61. The maximum atomic E-state index is 9.28. The molecule has 2 aromatic carbocycles. The molecule has 0 radical (unpaired) electrons. The molecule has 1 N–H and O–H groups in total. The number of ether oxygens (including phenoxy) is 1. The Labute approximate surface area is 145 Å². The Morgan fingerprint density at radius 2 is 1.29 bits per heavy atom. The van der Waals surface area contributed by atoms with E-state index < -0.39 is 0 Å². The normalized spacial score (nSPS) is 11.0. The molecule has 0 fully saturated rings. The summed E-state index contributed by atoms with van der Waals surface area (Å²) in [6.45, 7) is 3.04. The molecule has 24 heavy (non-hydrogen) atoms. The standard InChI is InChI=1S/C22H28O2/c1-2-3-4-5-6-7-18-24-22-16-12-20(13-17-22)9-8-19-10-14-21(23)15-11-19/h8-17,23H,2-7,18H2,1H3/b9-8+. The Balaban J connectivity index is 1.71. The van der Waals surface area contributed by atoms with Gasteiger partial charge in [-0.1, -0.05) is 75.4 Å². The predicted molar refractivity (Wildman–Crippen MR) is 102 cm³/mol. The van der Waals surface area contributed by atoms with Crippen LogP contribution in [0.4, 0.5) is 0 Å². The number of phenolic OH excluding ortho intramolecular Hbond substituents is 1. The van der Waals surface area contributed by atoms with Gasteiger partial charge in [-0.3, -0.25) is 0 Å². The third kappa shape index (κ3) is 6.91. The van der Waals surface area contributed by atoms with Crippen LogP contribution in [0.5, 0.6) is 11.5 Å². The van der Waals surface area contributed by atoms with E-state index in [9.17, 15) is 5.11 Å². The minimum Gasteiger partial charge on any atom is -0.508 e. The first kappa shape index (κ1) is 18.1. The molecule has 0 saturated carbocycles. The molecule has 128 valence electrons. The van der Waals surface area contributed by atoms with Gasteiger partial charge in [-0.2, -0.15) is 0 Å². The quantitative estimate of drug-likeness (QED) is 0.410. The van der Waals surface area contributed by atoms with E-state index >= 15 is 0 Å². The highest BCUT2D eigenvalue weighted by molar-refractivity contribution is 5.70. The highest BCUT2D eigenvalue weighted by Crippen LogP contribution is 2.16. The van der Waals surface area contributed by atoms with Gasteiger partial charge in [-0.25, -0.2) is 0 Å². The summed E-state index contributed by atoms with van der Waals surface area (Å²) in [6, 6.07) is 15.3. The number of hydrogen-bond acceptors (Lipinski definition) is 2. The van der Waals surface area contributed by atoms with Crippen molar-refractivity contribution in [3.05, 3.63) is 59.7 Å². The molecule has 0 aromatic heterocycles. The molecule has 0 heterocycles. The van der Waals surface area contributed by atoms with Crippen LogP contribution >= 0.6 is 0 Å². The maximum absolute atomic E-state index is 9.28. The highest BCUT2D eigenvalue weighted by Gasteiger charge is 1.95. The second kappa shape index (κ2) is 10.5. The average molecular weight is 324 g/mol. The topological polar surface area (TPSA) is 29.5 Å². The molecule has 0 aliphatic carbocycles. The van der Waals surface area contributed by atoms with Gasteiger partial charge < -0.3 is 9.84 Å². The van der Waals surface area contributed by atoms with Crippen LogP contribution in [0.25, 0.3) is 12.2 Å². The van der Waals surface area contributed by atoms with Crippen LogP contribution in [0.2, 0.25) is 0 Å². The van der Waals surface area contributed by atoms with Gasteiger partial charge in [0.1, 0.15) is 11.5 Å². The lowest BCUT2D eigenvalue weighted by Gasteiger charge is -2.06. The summed E-state index contributed by atoms with van der Waals surface area (Å²) in [4.78, 5) is 0. The monoisotopic (exact) mass is 324 g/mol. The minimum absolute atomic E-state index is 0.291. The van der Waals surface area contributed by atoms with Crippen LogP contribution in [0.15, 0.2) is 48.5 Å². The van der Waals surface area contributed by atoms with Crippen LogP contribution in [-0.2, 0) is 0 Å². The summed E-state index contributed by atoms with van der Waals surface area (Å²) in [5, 5.41) is 9.28. The zero-order chi connectivity index (χ0) is 17.0. The van der Waals surface area contributed by atoms with Crippen molar-refractivity contribution in [1.82, 2.24) is 0 Å². The largest absolute Gasteiger partial charge is 0.508 e. The molecule has 0 aliphatic rings. The van der Waals surface area contributed by atoms with Crippen molar-refractivity contribution in [1.29, 1.82) is 0 Å². The second-order valence-electron chi connectivity index (χ2n) is 6.11. The van der Waals surface area contributed by atoms with Crippen molar-refractivity contribution in [3.8, 4) is 11.5 Å². The number of unbranched alkanes of at least 4 members (excludes halogenated alkanes) is 5. The molecular formula is C22H28O2. The van der Waals surface area contributed by atoms with E-state index in [1.807, 2.05) is 30.3 Å². The summed E-state index contributed by atoms with van der Waals surface area (Å²) in [7, 11) is 0. The van der Waals surface area contributed by atoms with Crippen molar-refractivity contribution >= 4 is 12.2 Å². The molecule has 0 atom stereocenters. The molecule has 0 unspecified atom stereocenters. The van der Waals surface area contributed by atoms with E-state index in [4.69, 9.17) is 4.74 Å². The number of rotatable bonds is 10. The molecule has 2 nitrogen and oxygen atoms in total. The summed E-state index contributed by atoms with van der Waals surface area (Å²) >= 11 is 0. The lowest BCUT2D eigenvalue weighted by Crippen LogP contribution is -1.97. The number of hydrogen-bond donors (Lipinski definition) is 1. The molecule has 0 saturated heterocycles. The van der Waals surface area contributed by atoms with E-state index in [-0.39, 0.29) is 0 Å². The summed E-state index contributed by atoms with van der Waals surface area (Å²) < 4.78 is 5.79. The van der Waals surface area contributed by atoms with E-state index in [1.54, 1.807) is 12.1 Å². The van der Waals surface area contributed by atoms with Crippen LogP contribution < -0.4 is 4.74 Å². The fourth-order valence-electron chi connectivity index (χ4n) is 2.53. The molecule has 2 aromatic rings. The number of aromatic hydroxyl groups is 1. The van der Waals surface area contributed by atoms with Gasteiger partial charge in [-0.15, -0.1) is 0 Å². The van der Waals surface area contributed by atoms with Crippen LogP contribution in [0.3, 0.4) is 0 Å². The van der Waals surface area contributed by atoms with Gasteiger partial charge >= 0.3 is 0 Å². The first-order chi connectivity index (χ1) is 11.8. The molecular weight excluding hydrogens is 296 g/mol. The molecule has 0 spiro atoms. The third-order valence-corrected chi connectivity index (χ3v) is 4.01. The van der Waals surface area contributed by atoms with E-state index in [0.717, 1.165) is 29.9 Å². The highest BCUT2D eigenvalue weighted by atomic mass is 16.5. The number of phenols is 1. The van der Waals surface area contributed by atoms with Gasteiger partial charge in [-0.05, 0) is 41.8 Å². The molecule has 2 heteroatoms. The van der Waals surface area contributed by atoms with Crippen LogP contribution in [0, 0.1) is 0 Å². The fraction of sp³-hybridized carbons (Fsp3) is 0.364. The Kier molecular flexibility index (Phi) is 7.96. The molecule has 0 bridgehead atoms. The number of benzene rings is 2. The Morgan fingerprint density at radius 3 is 1.92 bits per heavy atom. The van der Waals surface area contributed by atoms with Crippen LogP contribution in [-0.4, -0.2) is 11.7 Å². The maximum Gasteiger partial charge on any atom is 0.119 e. The summed E-state index contributed by atoms with van der Waals surface area (Å²) in [5.74, 6) is 1.23. The van der Waals surface area contributed by atoms with Crippen molar-refractivity contribution in [3.63, 3.8) is 0 Å². The van der Waals surface area contributed by atoms with Crippen molar-refractivity contribution in [2.24, 2.45) is 0 Å². The Hall–Kier alpha value is -2.22. The van der Waals surface area contributed by atoms with E-state index in [1.165, 1.54) is 32.1 Å². The van der Waals surface area contributed by atoms with E-state index in [0.29, 0.717) is 5.75 Å². The first-order valence-electron chi connectivity index (χ1n) is 8.98. The van der Waals surface area contributed by atoms with Gasteiger partial charge in [0, 0.05) is 0 Å². The fourth-order valence-corrected chi connectivity index (χ4v) is 2.53. The van der Waals surface area contributed by atoms with E-state index in [2.05, 4.69) is 25.1 Å². The van der Waals surface area contributed by atoms with Crippen molar-refractivity contribution < 1.29 is 9.84 Å². The predicted octanol–water partition coefficient (Wildman–Crippen LogP) is 6.30. The lowest BCUT2D eigenvalue weighted by atomic mass is 10.1. The lowest BCUT2D eigenvalue weighted by molar-refractivity contribution is 0.304. The Morgan fingerprint density at radius 1 is 0.750 bits per heavy atom. The zero-order valence-electron chi connectivity index (χ0n) is 14.6. The van der Waals surface area contributed by atoms with Crippen LogP contribution in [0.1, 0.15) is 56.6 Å². The Bertz CT molecular complexity index is 597.